The summed E-state index contributed by atoms with van der Waals surface area (Å²) < 4.78 is 31.7. The van der Waals surface area contributed by atoms with E-state index in [9.17, 15) is 22.8 Å². The highest BCUT2D eigenvalue weighted by molar-refractivity contribution is 5.92. The average Bonchev–Trinajstić information content (AvgIpc) is 2.93. The number of urea groups is 1. The second kappa shape index (κ2) is 16.8. The van der Waals surface area contributed by atoms with Crippen molar-refractivity contribution in [3.63, 3.8) is 0 Å². The second-order valence-corrected chi connectivity index (χ2v) is 10.0. The lowest BCUT2D eigenvalue weighted by Gasteiger charge is -2.30. The number of carbonyl (C=O) groups excluding carboxylic acids is 2. The molecule has 2 fully saturated rings. The van der Waals surface area contributed by atoms with E-state index >= 15 is 0 Å². The van der Waals surface area contributed by atoms with E-state index in [1.165, 1.54) is 44.2 Å². The number of aliphatic carboxylic acids is 1. The summed E-state index contributed by atoms with van der Waals surface area (Å²) in [6, 6.07) is 8.74. The summed E-state index contributed by atoms with van der Waals surface area (Å²) in [4.78, 5) is 37.5. The Morgan fingerprint density at radius 2 is 1.46 bits per heavy atom. The van der Waals surface area contributed by atoms with Crippen LogP contribution < -0.4 is 20.6 Å². The van der Waals surface area contributed by atoms with Crippen molar-refractivity contribution in [2.75, 3.05) is 29.4 Å². The van der Waals surface area contributed by atoms with E-state index in [1.54, 1.807) is 5.48 Å². The van der Waals surface area contributed by atoms with Gasteiger partial charge in [0.25, 0.3) is 0 Å². The van der Waals surface area contributed by atoms with Crippen LogP contribution in [0.25, 0.3) is 0 Å². The summed E-state index contributed by atoms with van der Waals surface area (Å²) in [7, 11) is 0. The highest BCUT2D eigenvalue weighted by atomic mass is 19.4. The van der Waals surface area contributed by atoms with Crippen LogP contribution in [0.15, 0.2) is 24.3 Å². The third-order valence-corrected chi connectivity index (χ3v) is 6.96. The van der Waals surface area contributed by atoms with Crippen LogP contribution in [0, 0.1) is 0 Å². The van der Waals surface area contributed by atoms with E-state index in [-0.39, 0.29) is 18.0 Å². The van der Waals surface area contributed by atoms with Gasteiger partial charge >= 0.3 is 18.2 Å². The number of alkyl halides is 3. The lowest BCUT2D eigenvalue weighted by atomic mass is 9.96. The molecule has 1 aromatic rings. The van der Waals surface area contributed by atoms with Gasteiger partial charge in [-0.15, -0.1) is 0 Å². The van der Waals surface area contributed by atoms with Crippen LogP contribution in [0.1, 0.15) is 83.5 Å². The molecule has 9 nitrogen and oxygen atoms in total. The Morgan fingerprint density at radius 1 is 0.897 bits per heavy atom. The molecule has 3 rings (SSSR count). The van der Waals surface area contributed by atoms with Crippen molar-refractivity contribution in [1.82, 2.24) is 10.8 Å². The van der Waals surface area contributed by atoms with E-state index in [0.717, 1.165) is 57.3 Å². The Labute approximate surface area is 227 Å². The largest absolute Gasteiger partial charge is 0.490 e. The summed E-state index contributed by atoms with van der Waals surface area (Å²) in [5.41, 5.74) is 3.86. The van der Waals surface area contributed by atoms with E-state index in [4.69, 9.17) is 15.1 Å². The molecular weight excluding hydrogens is 517 g/mol. The van der Waals surface area contributed by atoms with Crippen LogP contribution in [-0.4, -0.2) is 60.1 Å². The normalized spacial score (nSPS) is 16.1. The third kappa shape index (κ3) is 12.1. The quantitative estimate of drug-likeness (QED) is 0.168. The lowest BCUT2D eigenvalue weighted by molar-refractivity contribution is -0.192. The predicted molar refractivity (Wildman–Crippen MR) is 142 cm³/mol. The third-order valence-electron chi connectivity index (χ3n) is 6.96. The fourth-order valence-electron chi connectivity index (χ4n) is 4.81. The van der Waals surface area contributed by atoms with Gasteiger partial charge in [-0.1, -0.05) is 32.1 Å². The number of piperidine rings is 1. The summed E-state index contributed by atoms with van der Waals surface area (Å²) in [6.07, 6.45) is 8.32. The van der Waals surface area contributed by atoms with Crippen molar-refractivity contribution < 1.29 is 37.9 Å². The van der Waals surface area contributed by atoms with Crippen molar-refractivity contribution in [2.24, 2.45) is 0 Å². The zero-order chi connectivity index (χ0) is 28.7. The molecule has 39 heavy (non-hydrogen) atoms. The number of nitrogens with zero attached hydrogens (tertiary/aromatic N) is 2. The number of amides is 3. The van der Waals surface area contributed by atoms with Gasteiger partial charge in [0.15, 0.2) is 0 Å². The number of carboxylic acids is 1. The number of unbranched alkanes of at least 4 members (excludes halogenated alkanes) is 3. The molecular formula is C27H41F3N4O5. The molecule has 1 aliphatic heterocycles. The maximum absolute atomic E-state index is 13.2. The van der Waals surface area contributed by atoms with Crippen molar-refractivity contribution in [1.29, 1.82) is 0 Å². The molecule has 1 aromatic carbocycles. The molecule has 0 spiro atoms. The summed E-state index contributed by atoms with van der Waals surface area (Å²) in [5.74, 6) is -3.10. The van der Waals surface area contributed by atoms with E-state index < -0.39 is 12.1 Å². The minimum atomic E-state index is -5.08. The Balaban J connectivity index is 0.000000673. The predicted octanol–water partition coefficient (Wildman–Crippen LogP) is 5.61. The number of hydrogen-bond donors (Lipinski definition) is 4. The Morgan fingerprint density at radius 3 is 2.03 bits per heavy atom. The fraction of sp³-hybridized carbons (Fsp3) is 0.667. The van der Waals surface area contributed by atoms with Crippen LogP contribution in [0.5, 0.6) is 0 Å². The number of halogens is 3. The van der Waals surface area contributed by atoms with Gasteiger partial charge in [-0.3, -0.25) is 14.9 Å². The topological polar surface area (TPSA) is 122 Å². The summed E-state index contributed by atoms with van der Waals surface area (Å²) in [6.45, 7) is 2.88. The molecule has 0 unspecified atom stereocenters. The average molecular weight is 559 g/mol. The molecule has 3 amide bonds. The molecule has 1 aliphatic carbocycles. The van der Waals surface area contributed by atoms with Gasteiger partial charge in [-0.2, -0.15) is 13.2 Å². The van der Waals surface area contributed by atoms with Crippen LogP contribution in [0.3, 0.4) is 0 Å². The highest BCUT2D eigenvalue weighted by Crippen LogP contribution is 2.25. The molecule has 220 valence electrons. The Hall–Kier alpha value is -3.02. The van der Waals surface area contributed by atoms with E-state index in [0.29, 0.717) is 13.0 Å². The fourth-order valence-corrected chi connectivity index (χ4v) is 4.81. The monoisotopic (exact) mass is 558 g/mol. The van der Waals surface area contributed by atoms with Crippen molar-refractivity contribution in [3.8, 4) is 0 Å². The van der Waals surface area contributed by atoms with Gasteiger partial charge in [0, 0.05) is 43.5 Å². The molecule has 2 aliphatic rings. The smallest absolute Gasteiger partial charge is 0.475 e. The minimum absolute atomic E-state index is 0.00211. The molecule has 12 heteroatoms. The molecule has 1 saturated heterocycles. The second-order valence-electron chi connectivity index (χ2n) is 10.0. The number of hydroxylamine groups is 1. The first-order valence-electron chi connectivity index (χ1n) is 13.8. The number of rotatable bonds is 10. The van der Waals surface area contributed by atoms with Crippen LogP contribution in [0.4, 0.5) is 29.3 Å². The number of carbonyl (C=O) groups is 3. The zero-order valence-electron chi connectivity index (χ0n) is 22.3. The van der Waals surface area contributed by atoms with Gasteiger partial charge in [0.1, 0.15) is 0 Å². The van der Waals surface area contributed by atoms with E-state index in [2.05, 4.69) is 34.5 Å². The Bertz CT molecular complexity index is 886. The van der Waals surface area contributed by atoms with E-state index in [1.807, 2.05) is 4.90 Å². The van der Waals surface area contributed by atoms with Gasteiger partial charge < -0.3 is 15.3 Å². The van der Waals surface area contributed by atoms with Gasteiger partial charge in [-0.05, 0) is 69.2 Å². The van der Waals surface area contributed by atoms with Crippen molar-refractivity contribution in [3.05, 3.63) is 24.3 Å². The first-order valence-corrected chi connectivity index (χ1v) is 13.8. The molecule has 0 aromatic heterocycles. The lowest BCUT2D eigenvalue weighted by Crippen LogP contribution is -2.46. The number of benzene rings is 1. The number of hydrogen-bond acceptors (Lipinski definition) is 5. The molecule has 0 bridgehead atoms. The standard InChI is InChI=1S/C25H40N4O3.C2HF3O2/c30-24(27-32)13-7-1-2-10-20-29(25(31)26-21-11-5-3-6-12-21)23-16-14-22(15-17-23)28-18-8-4-9-19-28;3-2(4,5)1(6)7/h14-17,21,32H,1-13,18-20H2,(H,26,31)(H,27,30);(H,6,7). The van der Waals surface area contributed by atoms with Crippen molar-refractivity contribution >= 4 is 29.3 Å². The number of nitrogens with one attached hydrogen (secondary N) is 2. The maximum atomic E-state index is 13.2. The van der Waals surface area contributed by atoms with Crippen molar-refractivity contribution in [2.45, 2.75) is 95.7 Å². The first-order chi connectivity index (χ1) is 18.6. The van der Waals surface area contributed by atoms with Crippen LogP contribution in [-0.2, 0) is 9.59 Å². The number of anilines is 2. The molecule has 1 heterocycles. The Kier molecular flexibility index (Phi) is 13.9. The van der Waals surface area contributed by atoms with Gasteiger partial charge in [-0.25, -0.2) is 15.1 Å². The first kappa shape index (κ1) is 32.2. The number of carboxylic acid groups (broad SMARTS) is 1. The molecule has 4 N–H and O–H groups in total. The molecule has 0 atom stereocenters. The van der Waals surface area contributed by atoms with Crippen LogP contribution >= 0.6 is 0 Å². The highest BCUT2D eigenvalue weighted by Gasteiger charge is 2.38. The van der Waals surface area contributed by atoms with Gasteiger partial charge in [0.05, 0.1) is 0 Å². The summed E-state index contributed by atoms with van der Waals surface area (Å²) in [5, 5.41) is 19.0. The van der Waals surface area contributed by atoms with Gasteiger partial charge in [0.2, 0.25) is 5.91 Å². The molecule has 0 radical (unpaired) electrons. The van der Waals surface area contributed by atoms with Crippen LogP contribution in [0.2, 0.25) is 0 Å². The zero-order valence-corrected chi connectivity index (χ0v) is 22.3. The summed E-state index contributed by atoms with van der Waals surface area (Å²) >= 11 is 0. The SMILES string of the molecule is O=C(CCCCCCN(C(=O)NC1CCCCC1)c1ccc(N2CCCCC2)cc1)NO.O=C(O)C(F)(F)F. The maximum Gasteiger partial charge on any atom is 0.490 e. The minimum Gasteiger partial charge on any atom is -0.475 e. The molecule has 1 saturated carbocycles.